The van der Waals surface area contributed by atoms with Crippen molar-refractivity contribution in [3.8, 4) is 0 Å². The lowest BCUT2D eigenvalue weighted by Crippen LogP contribution is -2.28. The summed E-state index contributed by atoms with van der Waals surface area (Å²) in [6.45, 7) is 2.08. The van der Waals surface area contributed by atoms with Crippen LogP contribution in [0.25, 0.3) is 0 Å². The quantitative estimate of drug-likeness (QED) is 0.862. The Morgan fingerprint density at radius 1 is 1.31 bits per heavy atom. The van der Waals surface area contributed by atoms with E-state index < -0.39 is 0 Å². The summed E-state index contributed by atoms with van der Waals surface area (Å²) in [5.41, 5.74) is 0.686. The van der Waals surface area contributed by atoms with E-state index in [9.17, 15) is 4.39 Å². The zero-order valence-electron chi connectivity index (χ0n) is 9.01. The summed E-state index contributed by atoms with van der Waals surface area (Å²) in [5, 5.41) is 3.87. The average molecular weight is 264 g/mol. The van der Waals surface area contributed by atoms with Crippen LogP contribution in [0.5, 0.6) is 0 Å². The fourth-order valence-electron chi connectivity index (χ4n) is 2.10. The van der Waals surface area contributed by atoms with Crippen LogP contribution in [0.4, 0.5) is 4.39 Å². The number of hydrogen-bond donors (Lipinski definition) is 1. The van der Waals surface area contributed by atoms with Gasteiger partial charge < -0.3 is 5.32 Å². The molecular formula is C12H16Cl2FN. The Morgan fingerprint density at radius 2 is 2.00 bits per heavy atom. The molecule has 0 amide bonds. The van der Waals surface area contributed by atoms with Crippen molar-refractivity contribution in [3.63, 3.8) is 0 Å². The van der Waals surface area contributed by atoms with Gasteiger partial charge in [-0.3, -0.25) is 0 Å². The summed E-state index contributed by atoms with van der Waals surface area (Å²) in [5.74, 6) is 0.404. The highest BCUT2D eigenvalue weighted by Gasteiger charge is 2.17. The molecule has 0 bridgehead atoms. The number of halogens is 3. The van der Waals surface area contributed by atoms with Crippen LogP contribution in [0, 0.1) is 11.7 Å². The maximum Gasteiger partial charge on any atom is 0.127 e. The highest BCUT2D eigenvalue weighted by atomic mass is 35.5. The van der Waals surface area contributed by atoms with E-state index in [-0.39, 0.29) is 18.2 Å². The zero-order valence-corrected chi connectivity index (χ0v) is 10.6. The Hall–Kier alpha value is -0.310. The van der Waals surface area contributed by atoms with Crippen LogP contribution in [0.15, 0.2) is 18.2 Å². The molecule has 0 aliphatic carbocycles. The van der Waals surface area contributed by atoms with Gasteiger partial charge in [0, 0.05) is 10.6 Å². The van der Waals surface area contributed by atoms with E-state index >= 15 is 0 Å². The molecule has 0 unspecified atom stereocenters. The first-order chi connectivity index (χ1) is 7.27. The third kappa shape index (κ3) is 3.34. The zero-order chi connectivity index (χ0) is 10.7. The van der Waals surface area contributed by atoms with E-state index in [4.69, 9.17) is 11.6 Å². The molecule has 90 valence electrons. The van der Waals surface area contributed by atoms with Crippen LogP contribution in [0.3, 0.4) is 0 Å². The van der Waals surface area contributed by atoms with E-state index in [1.54, 1.807) is 12.1 Å². The first-order valence-electron chi connectivity index (χ1n) is 5.41. The van der Waals surface area contributed by atoms with Gasteiger partial charge in [0.2, 0.25) is 0 Å². The van der Waals surface area contributed by atoms with Crippen molar-refractivity contribution in [2.45, 2.75) is 19.3 Å². The molecule has 1 fully saturated rings. The molecule has 4 heteroatoms. The first-order valence-corrected chi connectivity index (χ1v) is 5.79. The van der Waals surface area contributed by atoms with Crippen molar-refractivity contribution >= 4 is 24.0 Å². The minimum absolute atomic E-state index is 0. The van der Waals surface area contributed by atoms with Gasteiger partial charge in [0.25, 0.3) is 0 Å². The third-order valence-corrected chi connectivity index (χ3v) is 3.37. The summed E-state index contributed by atoms with van der Waals surface area (Å²) in [6.07, 6.45) is 3.00. The van der Waals surface area contributed by atoms with Gasteiger partial charge in [-0.05, 0) is 50.4 Å². The Labute approximate surface area is 107 Å². The normalized spacial score (nSPS) is 16.9. The number of hydrogen-bond acceptors (Lipinski definition) is 1. The summed E-state index contributed by atoms with van der Waals surface area (Å²) in [7, 11) is 0. The molecule has 16 heavy (non-hydrogen) atoms. The molecule has 1 aromatic rings. The second-order valence-corrected chi connectivity index (χ2v) is 4.50. The van der Waals surface area contributed by atoms with E-state index in [1.165, 1.54) is 6.07 Å². The summed E-state index contributed by atoms with van der Waals surface area (Å²) >= 11 is 5.99. The molecule has 0 atom stereocenters. The van der Waals surface area contributed by atoms with Gasteiger partial charge in [-0.15, -0.1) is 12.4 Å². The molecule has 1 N–H and O–H groups in total. The predicted octanol–water partition coefficient (Wildman–Crippen LogP) is 3.44. The van der Waals surface area contributed by atoms with Gasteiger partial charge in [0.05, 0.1) is 0 Å². The molecule has 2 rings (SSSR count). The lowest BCUT2D eigenvalue weighted by atomic mass is 9.91. The van der Waals surface area contributed by atoms with Gasteiger partial charge in [0.1, 0.15) is 5.82 Å². The molecule has 0 radical (unpaired) electrons. The molecular weight excluding hydrogens is 248 g/mol. The molecule has 0 spiro atoms. The van der Waals surface area contributed by atoms with E-state index in [0.717, 1.165) is 32.4 Å². The molecule has 0 aromatic heterocycles. The van der Waals surface area contributed by atoms with E-state index in [1.807, 2.05) is 0 Å². The summed E-state index contributed by atoms with van der Waals surface area (Å²) < 4.78 is 13.5. The summed E-state index contributed by atoms with van der Waals surface area (Å²) in [6, 6.07) is 4.91. The lowest BCUT2D eigenvalue weighted by molar-refractivity contribution is 0.368. The Bertz CT molecular complexity index is 318. The minimum Gasteiger partial charge on any atom is -0.317 e. The van der Waals surface area contributed by atoms with Crippen molar-refractivity contribution < 1.29 is 4.39 Å². The lowest BCUT2D eigenvalue weighted by Gasteiger charge is -2.23. The minimum atomic E-state index is -0.166. The van der Waals surface area contributed by atoms with Crippen molar-refractivity contribution in [2.24, 2.45) is 5.92 Å². The van der Waals surface area contributed by atoms with Crippen molar-refractivity contribution in [2.75, 3.05) is 13.1 Å². The number of rotatable bonds is 2. The van der Waals surface area contributed by atoms with Crippen LogP contribution < -0.4 is 5.32 Å². The van der Waals surface area contributed by atoms with Gasteiger partial charge in [0.15, 0.2) is 0 Å². The van der Waals surface area contributed by atoms with Gasteiger partial charge in [-0.1, -0.05) is 17.7 Å². The number of nitrogens with one attached hydrogen (secondary N) is 1. The SMILES string of the molecule is Cl.Fc1cccc(Cl)c1CC1CCNCC1. The summed E-state index contributed by atoms with van der Waals surface area (Å²) in [4.78, 5) is 0. The van der Waals surface area contributed by atoms with Crippen LogP contribution in [-0.4, -0.2) is 13.1 Å². The third-order valence-electron chi connectivity index (χ3n) is 3.01. The van der Waals surface area contributed by atoms with Crippen molar-refractivity contribution in [3.05, 3.63) is 34.6 Å². The van der Waals surface area contributed by atoms with E-state index in [2.05, 4.69) is 5.32 Å². The van der Waals surface area contributed by atoms with Crippen LogP contribution >= 0.6 is 24.0 Å². The Morgan fingerprint density at radius 3 is 2.62 bits per heavy atom. The standard InChI is InChI=1S/C12H15ClFN.ClH/c13-11-2-1-3-12(14)10(11)8-9-4-6-15-7-5-9;/h1-3,9,15H,4-8H2;1H. The van der Waals surface area contributed by atoms with Gasteiger partial charge >= 0.3 is 0 Å². The fraction of sp³-hybridized carbons (Fsp3) is 0.500. The average Bonchev–Trinajstić information content (AvgIpc) is 2.25. The molecule has 1 saturated heterocycles. The second kappa shape index (κ2) is 6.43. The largest absolute Gasteiger partial charge is 0.317 e. The Balaban J connectivity index is 0.00000128. The highest BCUT2D eigenvalue weighted by Crippen LogP contribution is 2.25. The molecule has 1 aliphatic rings. The fourth-order valence-corrected chi connectivity index (χ4v) is 2.34. The van der Waals surface area contributed by atoms with E-state index in [0.29, 0.717) is 16.5 Å². The van der Waals surface area contributed by atoms with Crippen LogP contribution in [0.2, 0.25) is 5.02 Å². The number of piperidine rings is 1. The monoisotopic (exact) mass is 263 g/mol. The molecule has 1 heterocycles. The van der Waals surface area contributed by atoms with Crippen molar-refractivity contribution in [1.29, 1.82) is 0 Å². The van der Waals surface area contributed by atoms with Crippen molar-refractivity contribution in [1.82, 2.24) is 5.32 Å². The maximum absolute atomic E-state index is 13.5. The first kappa shape index (κ1) is 13.8. The molecule has 0 saturated carbocycles. The number of benzene rings is 1. The maximum atomic E-state index is 13.5. The topological polar surface area (TPSA) is 12.0 Å². The molecule has 1 aliphatic heterocycles. The van der Waals surface area contributed by atoms with Gasteiger partial charge in [-0.2, -0.15) is 0 Å². The highest BCUT2D eigenvalue weighted by molar-refractivity contribution is 6.31. The smallest absolute Gasteiger partial charge is 0.127 e. The van der Waals surface area contributed by atoms with Crippen LogP contribution in [-0.2, 0) is 6.42 Å². The van der Waals surface area contributed by atoms with Gasteiger partial charge in [-0.25, -0.2) is 4.39 Å². The van der Waals surface area contributed by atoms with Crippen LogP contribution in [0.1, 0.15) is 18.4 Å². The molecule has 1 nitrogen and oxygen atoms in total. The molecule has 1 aromatic carbocycles. The Kier molecular flexibility index (Phi) is 5.53. The predicted molar refractivity (Wildman–Crippen MR) is 68.0 cm³/mol. The second-order valence-electron chi connectivity index (χ2n) is 4.10.